The summed E-state index contributed by atoms with van der Waals surface area (Å²) in [6.07, 6.45) is 0. The van der Waals surface area contributed by atoms with Gasteiger partial charge in [0, 0.05) is 13.6 Å². The van der Waals surface area contributed by atoms with Crippen LogP contribution in [-0.4, -0.2) is 34.0 Å². The molecular weight excluding hydrogens is 222 g/mol. The van der Waals surface area contributed by atoms with Crippen LogP contribution in [0.25, 0.3) is 10.9 Å². The highest BCUT2D eigenvalue weighted by atomic mass is 16.5. The van der Waals surface area contributed by atoms with Crippen molar-refractivity contribution in [1.29, 1.82) is 0 Å². The minimum Gasteiger partial charge on any atom is -0.478 e. The number of carboxylic acids is 1. The van der Waals surface area contributed by atoms with Crippen LogP contribution in [0.3, 0.4) is 0 Å². The molecule has 17 heavy (non-hydrogen) atoms. The van der Waals surface area contributed by atoms with Gasteiger partial charge in [-0.3, -0.25) is 4.68 Å². The molecule has 2 rings (SSSR count). The number of carboxylic acid groups (broad SMARTS) is 1. The second-order valence-corrected chi connectivity index (χ2v) is 3.60. The SMILES string of the molecule is Cn1nc(OCCN)c2ccc(C(=O)O)cc21. The van der Waals surface area contributed by atoms with E-state index in [0.29, 0.717) is 19.0 Å². The van der Waals surface area contributed by atoms with Crippen LogP contribution in [0.1, 0.15) is 10.4 Å². The topological polar surface area (TPSA) is 90.4 Å². The van der Waals surface area contributed by atoms with Crippen LogP contribution in [0.5, 0.6) is 5.88 Å². The van der Waals surface area contributed by atoms with Gasteiger partial charge in [-0.25, -0.2) is 4.79 Å². The quantitative estimate of drug-likeness (QED) is 0.810. The molecule has 6 heteroatoms. The number of ether oxygens (including phenoxy) is 1. The van der Waals surface area contributed by atoms with Crippen LogP contribution >= 0.6 is 0 Å². The Balaban J connectivity index is 2.49. The zero-order valence-corrected chi connectivity index (χ0v) is 9.38. The molecule has 3 N–H and O–H groups in total. The summed E-state index contributed by atoms with van der Waals surface area (Å²) in [6, 6.07) is 4.79. The summed E-state index contributed by atoms with van der Waals surface area (Å²) < 4.78 is 6.98. The Bertz CT molecular complexity index is 562. The first kappa shape index (κ1) is 11.4. The molecule has 0 amide bonds. The zero-order valence-electron chi connectivity index (χ0n) is 9.38. The molecule has 6 nitrogen and oxygen atoms in total. The molecule has 0 bridgehead atoms. The predicted octanol–water partition coefficient (Wildman–Crippen LogP) is 0.609. The highest BCUT2D eigenvalue weighted by molar-refractivity contribution is 5.94. The standard InChI is InChI=1S/C11H13N3O3/c1-14-9-6-7(11(15)16)2-3-8(9)10(13-14)17-5-4-12/h2-3,6H,4-5,12H2,1H3,(H,15,16). The van der Waals surface area contributed by atoms with Crippen LogP contribution in [-0.2, 0) is 7.05 Å². The monoisotopic (exact) mass is 235 g/mol. The maximum Gasteiger partial charge on any atom is 0.335 e. The third kappa shape index (κ3) is 2.07. The number of hydrogen-bond donors (Lipinski definition) is 2. The van der Waals surface area contributed by atoms with E-state index in [1.807, 2.05) is 0 Å². The molecule has 0 radical (unpaired) electrons. The van der Waals surface area contributed by atoms with Crippen molar-refractivity contribution in [3.8, 4) is 5.88 Å². The van der Waals surface area contributed by atoms with Crippen LogP contribution in [0.15, 0.2) is 18.2 Å². The summed E-state index contributed by atoms with van der Waals surface area (Å²) in [5.74, 6) is -0.484. The van der Waals surface area contributed by atoms with E-state index in [9.17, 15) is 4.79 Å². The van der Waals surface area contributed by atoms with E-state index >= 15 is 0 Å². The fraction of sp³-hybridized carbons (Fsp3) is 0.273. The second-order valence-electron chi connectivity index (χ2n) is 3.60. The maximum absolute atomic E-state index is 10.9. The Kier molecular flexibility index (Phi) is 2.97. The molecule has 0 aliphatic heterocycles. The fourth-order valence-corrected chi connectivity index (χ4v) is 1.62. The van der Waals surface area contributed by atoms with E-state index in [1.54, 1.807) is 23.9 Å². The highest BCUT2D eigenvalue weighted by Crippen LogP contribution is 2.25. The summed E-state index contributed by atoms with van der Waals surface area (Å²) in [5.41, 5.74) is 6.30. The van der Waals surface area contributed by atoms with Gasteiger partial charge in [-0.1, -0.05) is 0 Å². The number of benzene rings is 1. The summed E-state index contributed by atoms with van der Waals surface area (Å²) in [7, 11) is 1.74. The number of aromatic carboxylic acids is 1. The first-order valence-corrected chi connectivity index (χ1v) is 5.16. The first-order chi connectivity index (χ1) is 8.13. The Hall–Kier alpha value is -2.08. The van der Waals surface area contributed by atoms with Crippen molar-refractivity contribution in [1.82, 2.24) is 9.78 Å². The number of fused-ring (bicyclic) bond motifs is 1. The lowest BCUT2D eigenvalue weighted by atomic mass is 10.1. The minimum absolute atomic E-state index is 0.228. The summed E-state index contributed by atoms with van der Waals surface area (Å²) in [5, 5.41) is 13.9. The van der Waals surface area contributed by atoms with Crippen LogP contribution in [0, 0.1) is 0 Å². The van der Waals surface area contributed by atoms with Gasteiger partial charge in [-0.15, -0.1) is 5.10 Å². The molecule has 0 unspecified atom stereocenters. The van der Waals surface area contributed by atoms with Gasteiger partial charge in [0.05, 0.1) is 16.5 Å². The van der Waals surface area contributed by atoms with Gasteiger partial charge in [-0.05, 0) is 18.2 Å². The van der Waals surface area contributed by atoms with Crippen molar-refractivity contribution in [2.24, 2.45) is 12.8 Å². The largest absolute Gasteiger partial charge is 0.478 e. The van der Waals surface area contributed by atoms with Crippen molar-refractivity contribution < 1.29 is 14.6 Å². The van der Waals surface area contributed by atoms with Crippen molar-refractivity contribution in [2.45, 2.75) is 0 Å². The number of nitrogens with two attached hydrogens (primary N) is 1. The molecule has 0 atom stereocenters. The Morgan fingerprint density at radius 2 is 2.35 bits per heavy atom. The minimum atomic E-state index is -0.961. The molecule has 0 saturated heterocycles. The second kappa shape index (κ2) is 4.42. The number of nitrogens with zero attached hydrogens (tertiary/aromatic N) is 2. The van der Waals surface area contributed by atoms with Crippen molar-refractivity contribution in [2.75, 3.05) is 13.2 Å². The third-order valence-corrected chi connectivity index (χ3v) is 2.42. The average molecular weight is 235 g/mol. The normalized spacial score (nSPS) is 10.7. The molecule has 0 saturated carbocycles. The average Bonchev–Trinajstić information content (AvgIpc) is 2.63. The van der Waals surface area contributed by atoms with Gasteiger partial charge in [0.2, 0.25) is 5.88 Å². The molecule has 0 spiro atoms. The molecule has 1 aromatic heterocycles. The van der Waals surface area contributed by atoms with Gasteiger partial charge in [0.15, 0.2) is 0 Å². The van der Waals surface area contributed by atoms with Gasteiger partial charge in [-0.2, -0.15) is 0 Å². The molecule has 0 fully saturated rings. The van der Waals surface area contributed by atoms with E-state index in [-0.39, 0.29) is 5.56 Å². The van der Waals surface area contributed by atoms with E-state index in [4.69, 9.17) is 15.6 Å². The summed E-state index contributed by atoms with van der Waals surface area (Å²) in [6.45, 7) is 0.790. The van der Waals surface area contributed by atoms with Crippen molar-refractivity contribution in [3.63, 3.8) is 0 Å². The molecule has 0 aliphatic rings. The Labute approximate surface area is 97.6 Å². The van der Waals surface area contributed by atoms with Gasteiger partial charge in [0.1, 0.15) is 6.61 Å². The summed E-state index contributed by atoms with van der Waals surface area (Å²) >= 11 is 0. The lowest BCUT2D eigenvalue weighted by Crippen LogP contribution is -2.11. The zero-order chi connectivity index (χ0) is 12.4. The highest BCUT2D eigenvalue weighted by Gasteiger charge is 2.12. The molecular formula is C11H13N3O3. The molecule has 1 heterocycles. The number of aryl methyl sites for hydroxylation is 1. The van der Waals surface area contributed by atoms with E-state index in [1.165, 1.54) is 6.07 Å². The van der Waals surface area contributed by atoms with Gasteiger partial charge in [0.25, 0.3) is 0 Å². The first-order valence-electron chi connectivity index (χ1n) is 5.16. The molecule has 90 valence electrons. The number of rotatable bonds is 4. The van der Waals surface area contributed by atoms with Crippen molar-refractivity contribution >= 4 is 16.9 Å². The van der Waals surface area contributed by atoms with Crippen LogP contribution < -0.4 is 10.5 Å². The van der Waals surface area contributed by atoms with E-state index in [0.717, 1.165) is 10.9 Å². The van der Waals surface area contributed by atoms with Crippen LogP contribution in [0.2, 0.25) is 0 Å². The summed E-state index contributed by atoms with van der Waals surface area (Å²) in [4.78, 5) is 10.9. The molecule has 2 aromatic rings. The van der Waals surface area contributed by atoms with Gasteiger partial charge >= 0.3 is 5.97 Å². The Morgan fingerprint density at radius 3 is 3.00 bits per heavy atom. The molecule has 1 aromatic carbocycles. The Morgan fingerprint density at radius 1 is 1.59 bits per heavy atom. The predicted molar refractivity (Wildman–Crippen MR) is 62.2 cm³/mol. The van der Waals surface area contributed by atoms with Gasteiger partial charge < -0.3 is 15.6 Å². The number of hydrogen-bond acceptors (Lipinski definition) is 4. The lowest BCUT2D eigenvalue weighted by Gasteiger charge is -2.00. The smallest absolute Gasteiger partial charge is 0.335 e. The third-order valence-electron chi connectivity index (χ3n) is 2.42. The van der Waals surface area contributed by atoms with Crippen LogP contribution in [0.4, 0.5) is 0 Å². The number of carbonyl (C=O) groups is 1. The van der Waals surface area contributed by atoms with E-state index < -0.39 is 5.97 Å². The lowest BCUT2D eigenvalue weighted by molar-refractivity contribution is 0.0697. The molecule has 0 aliphatic carbocycles. The number of aromatic nitrogens is 2. The van der Waals surface area contributed by atoms with E-state index in [2.05, 4.69) is 5.10 Å². The fourth-order valence-electron chi connectivity index (χ4n) is 1.62. The van der Waals surface area contributed by atoms with Crippen molar-refractivity contribution in [3.05, 3.63) is 23.8 Å². The maximum atomic E-state index is 10.9.